The Bertz CT molecular complexity index is 1040. The molecule has 0 radical (unpaired) electrons. The van der Waals surface area contributed by atoms with E-state index in [4.69, 9.17) is 9.47 Å². The molecule has 0 bridgehead atoms. The predicted molar refractivity (Wildman–Crippen MR) is 122 cm³/mol. The van der Waals surface area contributed by atoms with Gasteiger partial charge in [0.1, 0.15) is 17.8 Å². The summed E-state index contributed by atoms with van der Waals surface area (Å²) in [7, 11) is 0. The Kier molecular flexibility index (Phi) is 6.72. The van der Waals surface area contributed by atoms with Gasteiger partial charge in [-0.1, -0.05) is 6.92 Å². The van der Waals surface area contributed by atoms with Gasteiger partial charge in [0, 0.05) is 38.2 Å². The highest BCUT2D eigenvalue weighted by Crippen LogP contribution is 2.26. The zero-order chi connectivity index (χ0) is 22.5. The van der Waals surface area contributed by atoms with Crippen molar-refractivity contribution in [2.24, 2.45) is 0 Å². The first kappa shape index (κ1) is 21.9. The molecule has 0 atom stereocenters. The van der Waals surface area contributed by atoms with Crippen molar-refractivity contribution >= 4 is 22.8 Å². The van der Waals surface area contributed by atoms with Gasteiger partial charge >= 0.3 is 6.09 Å². The van der Waals surface area contributed by atoms with Crippen LogP contribution in [-0.2, 0) is 4.74 Å². The molecule has 0 aliphatic carbocycles. The van der Waals surface area contributed by atoms with Gasteiger partial charge in [-0.15, -0.1) is 0 Å². The highest BCUT2D eigenvalue weighted by molar-refractivity contribution is 5.81. The number of hydrogen-bond donors (Lipinski definition) is 1. The largest absolute Gasteiger partial charge is 0.474 e. The Morgan fingerprint density at radius 1 is 1.19 bits per heavy atom. The number of carbonyl (C=O) groups excluding carboxylic acids is 1. The number of rotatable bonds is 7. The maximum atomic E-state index is 12.1. The van der Waals surface area contributed by atoms with Crippen molar-refractivity contribution in [3.63, 3.8) is 0 Å². The van der Waals surface area contributed by atoms with Gasteiger partial charge < -0.3 is 19.7 Å². The third-order valence-corrected chi connectivity index (χ3v) is 5.34. The summed E-state index contributed by atoms with van der Waals surface area (Å²) in [5.41, 5.74) is 2.69. The van der Waals surface area contributed by atoms with E-state index in [0.717, 1.165) is 42.6 Å². The summed E-state index contributed by atoms with van der Waals surface area (Å²) in [4.78, 5) is 22.6. The zero-order valence-electron chi connectivity index (χ0n) is 18.8. The first-order valence-corrected chi connectivity index (χ1v) is 11.2. The summed E-state index contributed by atoms with van der Waals surface area (Å²) in [5.74, 6) is 0.519. The Labute approximate surface area is 187 Å². The van der Waals surface area contributed by atoms with E-state index in [1.807, 2.05) is 38.1 Å². The van der Waals surface area contributed by atoms with Crippen LogP contribution in [0.2, 0.25) is 0 Å². The minimum absolute atomic E-state index is 0.0246. The lowest BCUT2D eigenvalue weighted by Gasteiger charge is -2.31. The van der Waals surface area contributed by atoms with Crippen molar-refractivity contribution in [1.29, 1.82) is 0 Å². The van der Waals surface area contributed by atoms with Gasteiger partial charge in [-0.05, 0) is 44.5 Å². The van der Waals surface area contributed by atoms with Crippen LogP contribution in [0.4, 0.5) is 10.5 Å². The second kappa shape index (κ2) is 9.84. The van der Waals surface area contributed by atoms with Gasteiger partial charge in [-0.25, -0.2) is 19.4 Å². The summed E-state index contributed by atoms with van der Waals surface area (Å²) < 4.78 is 13.3. The quantitative estimate of drug-likeness (QED) is 0.595. The van der Waals surface area contributed by atoms with E-state index in [1.165, 1.54) is 6.33 Å². The second-order valence-corrected chi connectivity index (χ2v) is 8.18. The van der Waals surface area contributed by atoms with Crippen LogP contribution in [0.3, 0.4) is 0 Å². The number of benzene rings is 1. The molecule has 170 valence electrons. The van der Waals surface area contributed by atoms with E-state index >= 15 is 0 Å². The fraction of sp³-hybridized carbons (Fsp3) is 0.478. The van der Waals surface area contributed by atoms with Crippen molar-refractivity contribution in [3.05, 3.63) is 36.8 Å². The molecule has 9 heteroatoms. The molecule has 0 unspecified atom stereocenters. The Hall–Kier alpha value is -3.36. The number of ether oxygens (including phenoxy) is 2. The third-order valence-electron chi connectivity index (χ3n) is 5.34. The molecule has 4 rings (SSSR count). The molecule has 1 saturated heterocycles. The van der Waals surface area contributed by atoms with Crippen molar-refractivity contribution in [3.8, 4) is 11.6 Å². The number of hydrogen-bond acceptors (Lipinski definition) is 7. The first-order chi connectivity index (χ1) is 15.5. The van der Waals surface area contributed by atoms with Crippen molar-refractivity contribution in [2.45, 2.75) is 52.2 Å². The monoisotopic (exact) mass is 438 g/mol. The SMILES string of the molecule is CCCNc1ccc(-n2ncc3c(OC4CCN(C(=O)OC(C)C)CC4)ncnc32)cc1. The van der Waals surface area contributed by atoms with Crippen molar-refractivity contribution < 1.29 is 14.3 Å². The van der Waals surface area contributed by atoms with Gasteiger partial charge in [0.05, 0.1) is 18.0 Å². The van der Waals surface area contributed by atoms with E-state index < -0.39 is 0 Å². The number of fused-ring (bicyclic) bond motifs is 1. The lowest BCUT2D eigenvalue weighted by atomic mass is 10.1. The standard InChI is InChI=1S/C23H30N6O3/c1-4-11-24-17-5-7-18(8-6-17)29-21-20(14-27-29)22(26-15-25-21)32-19-9-12-28(13-10-19)23(30)31-16(2)3/h5-8,14-16,19,24H,4,9-13H2,1-3H3. The van der Waals surface area contributed by atoms with Crippen LogP contribution < -0.4 is 10.1 Å². The van der Waals surface area contributed by atoms with Crippen LogP contribution >= 0.6 is 0 Å². The number of nitrogens with zero attached hydrogens (tertiary/aromatic N) is 5. The molecule has 1 amide bonds. The number of aromatic nitrogens is 4. The van der Waals surface area contributed by atoms with Gasteiger partial charge in [-0.2, -0.15) is 5.10 Å². The Morgan fingerprint density at radius 2 is 1.94 bits per heavy atom. The Morgan fingerprint density at radius 3 is 2.62 bits per heavy atom. The fourth-order valence-corrected chi connectivity index (χ4v) is 3.69. The molecular formula is C23H30N6O3. The van der Waals surface area contributed by atoms with Gasteiger partial charge in [-0.3, -0.25) is 0 Å². The molecule has 1 aliphatic heterocycles. The summed E-state index contributed by atoms with van der Waals surface area (Å²) >= 11 is 0. The highest BCUT2D eigenvalue weighted by Gasteiger charge is 2.26. The van der Waals surface area contributed by atoms with Crippen LogP contribution in [0, 0.1) is 0 Å². The molecule has 1 N–H and O–H groups in total. The fourth-order valence-electron chi connectivity index (χ4n) is 3.69. The maximum absolute atomic E-state index is 12.1. The summed E-state index contributed by atoms with van der Waals surface area (Å²) in [5, 5.41) is 8.65. The molecule has 1 aliphatic rings. The van der Waals surface area contributed by atoms with Crippen LogP contribution in [-0.4, -0.2) is 62.6 Å². The smallest absolute Gasteiger partial charge is 0.410 e. The molecule has 3 aromatic rings. The van der Waals surface area contributed by atoms with E-state index in [1.54, 1.807) is 15.8 Å². The van der Waals surface area contributed by atoms with Gasteiger partial charge in [0.15, 0.2) is 5.65 Å². The Balaban J connectivity index is 1.44. The van der Waals surface area contributed by atoms with Crippen LogP contribution in [0.25, 0.3) is 16.7 Å². The van der Waals surface area contributed by atoms with Crippen LogP contribution in [0.5, 0.6) is 5.88 Å². The predicted octanol–water partition coefficient (Wildman–Crippen LogP) is 4.03. The van der Waals surface area contributed by atoms with Crippen LogP contribution in [0.1, 0.15) is 40.0 Å². The summed E-state index contributed by atoms with van der Waals surface area (Å²) in [6, 6.07) is 8.10. The molecule has 32 heavy (non-hydrogen) atoms. The number of likely N-dealkylation sites (tertiary alicyclic amines) is 1. The first-order valence-electron chi connectivity index (χ1n) is 11.2. The van der Waals surface area contributed by atoms with Gasteiger partial charge in [0.2, 0.25) is 5.88 Å². The molecular weight excluding hydrogens is 408 g/mol. The van der Waals surface area contributed by atoms with Gasteiger partial charge in [0.25, 0.3) is 0 Å². The third kappa shape index (κ3) is 4.92. The topological polar surface area (TPSA) is 94.4 Å². The number of anilines is 1. The molecule has 0 spiro atoms. The number of carbonyl (C=O) groups is 1. The zero-order valence-corrected chi connectivity index (χ0v) is 18.8. The average Bonchev–Trinajstić information content (AvgIpc) is 3.23. The molecule has 3 heterocycles. The average molecular weight is 439 g/mol. The highest BCUT2D eigenvalue weighted by atomic mass is 16.6. The number of amides is 1. The summed E-state index contributed by atoms with van der Waals surface area (Å²) in [6.45, 7) is 7.98. The normalized spacial score (nSPS) is 14.7. The number of nitrogens with one attached hydrogen (secondary N) is 1. The van der Waals surface area contributed by atoms with Crippen molar-refractivity contribution in [1.82, 2.24) is 24.6 Å². The molecule has 9 nitrogen and oxygen atoms in total. The van der Waals surface area contributed by atoms with Crippen molar-refractivity contribution in [2.75, 3.05) is 25.0 Å². The van der Waals surface area contributed by atoms with Crippen LogP contribution in [0.15, 0.2) is 36.8 Å². The molecule has 2 aromatic heterocycles. The van der Waals surface area contributed by atoms with E-state index in [2.05, 4.69) is 27.3 Å². The molecule has 1 aromatic carbocycles. The van der Waals surface area contributed by atoms with E-state index in [0.29, 0.717) is 24.6 Å². The van der Waals surface area contributed by atoms with E-state index in [-0.39, 0.29) is 18.3 Å². The maximum Gasteiger partial charge on any atom is 0.410 e. The minimum Gasteiger partial charge on any atom is -0.474 e. The number of piperidine rings is 1. The lowest BCUT2D eigenvalue weighted by Crippen LogP contribution is -2.42. The lowest BCUT2D eigenvalue weighted by molar-refractivity contribution is 0.0511. The molecule has 0 saturated carbocycles. The second-order valence-electron chi connectivity index (χ2n) is 8.18. The minimum atomic E-state index is -0.264. The van der Waals surface area contributed by atoms with E-state index in [9.17, 15) is 4.79 Å². The molecule has 1 fully saturated rings. The summed E-state index contributed by atoms with van der Waals surface area (Å²) in [6.07, 6.45) is 5.35.